The minimum atomic E-state index is -1.02. The van der Waals surface area contributed by atoms with E-state index in [1.165, 1.54) is 5.56 Å². The lowest BCUT2D eigenvalue weighted by Crippen LogP contribution is -2.41. The third kappa shape index (κ3) is 7.52. The second kappa shape index (κ2) is 13.7. The fourth-order valence-electron chi connectivity index (χ4n) is 4.62. The zero-order chi connectivity index (χ0) is 27.6. The van der Waals surface area contributed by atoms with Crippen molar-refractivity contribution < 1.29 is 14.7 Å². The van der Waals surface area contributed by atoms with Crippen molar-refractivity contribution in [3.63, 3.8) is 0 Å². The Hall–Kier alpha value is -4.03. The number of benzene rings is 4. The Morgan fingerprint density at radius 2 is 1.46 bits per heavy atom. The minimum absolute atomic E-state index is 0.367. The number of carboxylic acids is 1. The average Bonchev–Trinajstić information content (AvgIpc) is 2.96. The van der Waals surface area contributed by atoms with Crippen LogP contribution in [0.2, 0.25) is 0 Å². The van der Waals surface area contributed by atoms with E-state index in [9.17, 15) is 14.7 Å². The van der Waals surface area contributed by atoms with Crippen molar-refractivity contribution in [3.8, 4) is 11.1 Å². The van der Waals surface area contributed by atoms with Crippen LogP contribution in [0.1, 0.15) is 33.5 Å². The van der Waals surface area contributed by atoms with Crippen LogP contribution in [-0.4, -0.2) is 35.0 Å². The molecule has 0 saturated carbocycles. The number of carbonyl (C=O) groups is 2. The summed E-state index contributed by atoms with van der Waals surface area (Å²) >= 11 is 1.56. The highest BCUT2D eigenvalue weighted by molar-refractivity contribution is 7.98. The molecular formula is C33H34N2O3S. The van der Waals surface area contributed by atoms with Crippen LogP contribution in [-0.2, 0) is 17.9 Å². The first-order chi connectivity index (χ1) is 19.0. The number of carbonyl (C=O) groups excluding carboxylic acids is 1. The molecule has 0 radical (unpaired) electrons. The lowest BCUT2D eigenvalue weighted by Gasteiger charge is -2.26. The van der Waals surface area contributed by atoms with E-state index >= 15 is 0 Å². The molecule has 0 aromatic heterocycles. The summed E-state index contributed by atoms with van der Waals surface area (Å²) in [7, 11) is 0. The number of anilines is 1. The fraction of sp³-hybridized carbons (Fsp3) is 0.212. The van der Waals surface area contributed by atoms with Crippen molar-refractivity contribution in [2.45, 2.75) is 32.5 Å². The first-order valence-electron chi connectivity index (χ1n) is 13.0. The normalized spacial score (nSPS) is 11.5. The molecule has 4 rings (SSSR count). The maximum atomic E-state index is 13.4. The molecule has 2 N–H and O–H groups in total. The Kier molecular flexibility index (Phi) is 9.81. The summed E-state index contributed by atoms with van der Waals surface area (Å²) in [6.07, 6.45) is 2.29. The average molecular weight is 539 g/mol. The van der Waals surface area contributed by atoms with Crippen LogP contribution in [0.4, 0.5) is 5.69 Å². The van der Waals surface area contributed by atoms with Crippen molar-refractivity contribution in [1.82, 2.24) is 5.32 Å². The van der Waals surface area contributed by atoms with Gasteiger partial charge in [-0.15, -0.1) is 0 Å². The van der Waals surface area contributed by atoms with Gasteiger partial charge in [-0.25, -0.2) is 4.79 Å². The quantitative estimate of drug-likeness (QED) is 0.207. The second-order valence-corrected chi connectivity index (χ2v) is 10.5. The Balaban J connectivity index is 1.70. The number of para-hydroxylation sites is 1. The standard InChI is InChI=1S/C33H34N2O3S/c1-24-11-9-10-16-28(24)30-21-26(17-18-29(30)32(36)34-31(33(37)38)19-20-39-2)23-35(27-14-7-4-8-15-27)22-25-12-5-3-6-13-25/h3-18,21,31H,19-20,22-23H2,1-2H3,(H,34,36)(H,37,38)/t31-/m0/s1. The lowest BCUT2D eigenvalue weighted by molar-refractivity contribution is -0.139. The van der Waals surface area contributed by atoms with Gasteiger partial charge in [0, 0.05) is 24.3 Å². The maximum absolute atomic E-state index is 13.4. The maximum Gasteiger partial charge on any atom is 0.326 e. The highest BCUT2D eigenvalue weighted by Gasteiger charge is 2.23. The van der Waals surface area contributed by atoms with Crippen LogP contribution in [0.15, 0.2) is 103 Å². The van der Waals surface area contributed by atoms with E-state index in [1.807, 2.05) is 86.0 Å². The molecule has 0 saturated heterocycles. The number of nitrogens with zero attached hydrogens (tertiary/aromatic N) is 1. The number of thioether (sulfide) groups is 1. The molecular weight excluding hydrogens is 504 g/mol. The van der Waals surface area contributed by atoms with Gasteiger partial charge in [-0.2, -0.15) is 11.8 Å². The summed E-state index contributed by atoms with van der Waals surface area (Å²) in [5.41, 5.74) is 6.64. The Morgan fingerprint density at radius 1 is 0.821 bits per heavy atom. The van der Waals surface area contributed by atoms with E-state index in [0.717, 1.165) is 34.5 Å². The lowest BCUT2D eigenvalue weighted by atomic mass is 9.93. The number of nitrogens with one attached hydrogen (secondary N) is 1. The van der Waals surface area contributed by atoms with Crippen molar-refractivity contribution in [2.24, 2.45) is 0 Å². The minimum Gasteiger partial charge on any atom is -0.480 e. The first kappa shape index (κ1) is 28.0. The molecule has 1 amide bonds. The van der Waals surface area contributed by atoms with E-state index in [4.69, 9.17) is 0 Å². The van der Waals surface area contributed by atoms with E-state index in [2.05, 4.69) is 40.5 Å². The number of carboxylic acid groups (broad SMARTS) is 1. The summed E-state index contributed by atoms with van der Waals surface area (Å²) < 4.78 is 0. The number of aliphatic carboxylic acids is 1. The summed E-state index contributed by atoms with van der Waals surface area (Å²) in [6.45, 7) is 3.40. The van der Waals surface area contributed by atoms with E-state index in [-0.39, 0.29) is 5.91 Å². The third-order valence-corrected chi connectivity index (χ3v) is 7.33. The summed E-state index contributed by atoms with van der Waals surface area (Å²) in [4.78, 5) is 27.6. The van der Waals surface area contributed by atoms with Crippen LogP contribution in [0.3, 0.4) is 0 Å². The zero-order valence-electron chi connectivity index (χ0n) is 22.3. The number of hydrogen-bond acceptors (Lipinski definition) is 4. The SMILES string of the molecule is CSCC[C@H](NC(=O)c1ccc(CN(Cc2ccccc2)c2ccccc2)cc1-c1ccccc1C)C(=O)O. The molecule has 0 aliphatic rings. The molecule has 6 heteroatoms. The van der Waals surface area contributed by atoms with E-state index in [1.54, 1.807) is 11.8 Å². The molecule has 0 fully saturated rings. The van der Waals surface area contributed by atoms with Gasteiger partial charge < -0.3 is 15.3 Å². The van der Waals surface area contributed by atoms with Crippen molar-refractivity contribution >= 4 is 29.3 Å². The van der Waals surface area contributed by atoms with Gasteiger partial charge in [-0.3, -0.25) is 4.79 Å². The zero-order valence-corrected chi connectivity index (χ0v) is 23.2. The van der Waals surface area contributed by atoms with E-state index in [0.29, 0.717) is 24.3 Å². The number of amides is 1. The summed E-state index contributed by atoms with van der Waals surface area (Å²) in [6, 6.07) is 33.5. The van der Waals surface area contributed by atoms with Crippen molar-refractivity contribution in [3.05, 3.63) is 125 Å². The second-order valence-electron chi connectivity index (χ2n) is 9.52. The molecule has 4 aromatic carbocycles. The highest BCUT2D eigenvalue weighted by atomic mass is 32.2. The van der Waals surface area contributed by atoms with Gasteiger partial charge in [-0.1, -0.05) is 78.9 Å². The number of hydrogen-bond donors (Lipinski definition) is 2. The van der Waals surface area contributed by atoms with Gasteiger partial charge in [0.15, 0.2) is 0 Å². The van der Waals surface area contributed by atoms with Crippen LogP contribution in [0.25, 0.3) is 11.1 Å². The van der Waals surface area contributed by atoms with Gasteiger partial charge in [0.2, 0.25) is 0 Å². The van der Waals surface area contributed by atoms with Gasteiger partial charge >= 0.3 is 5.97 Å². The van der Waals surface area contributed by atoms with Gasteiger partial charge in [0.25, 0.3) is 5.91 Å². The van der Waals surface area contributed by atoms with Gasteiger partial charge in [0.1, 0.15) is 6.04 Å². The summed E-state index contributed by atoms with van der Waals surface area (Å²) in [5, 5.41) is 12.4. The molecule has 39 heavy (non-hydrogen) atoms. The topological polar surface area (TPSA) is 69.6 Å². The predicted molar refractivity (Wildman–Crippen MR) is 161 cm³/mol. The largest absolute Gasteiger partial charge is 0.480 e. The van der Waals surface area contributed by atoms with E-state index < -0.39 is 12.0 Å². The molecule has 0 aliphatic heterocycles. The van der Waals surface area contributed by atoms with Crippen molar-refractivity contribution in [2.75, 3.05) is 16.9 Å². The molecule has 4 aromatic rings. The third-order valence-electron chi connectivity index (χ3n) is 6.69. The van der Waals surface area contributed by atoms with Crippen LogP contribution >= 0.6 is 11.8 Å². The molecule has 1 atom stereocenters. The van der Waals surface area contributed by atoms with Gasteiger partial charge in [-0.05, 0) is 77.4 Å². The fourth-order valence-corrected chi connectivity index (χ4v) is 5.09. The molecule has 5 nitrogen and oxygen atoms in total. The predicted octanol–water partition coefficient (Wildman–Crippen LogP) is 6.80. The molecule has 0 bridgehead atoms. The van der Waals surface area contributed by atoms with Crippen LogP contribution in [0, 0.1) is 6.92 Å². The smallest absolute Gasteiger partial charge is 0.326 e. The van der Waals surface area contributed by atoms with Gasteiger partial charge in [0.05, 0.1) is 0 Å². The Labute approximate surface area is 234 Å². The molecule has 0 unspecified atom stereocenters. The van der Waals surface area contributed by atoms with Crippen LogP contribution < -0.4 is 10.2 Å². The van der Waals surface area contributed by atoms with Crippen molar-refractivity contribution in [1.29, 1.82) is 0 Å². The highest BCUT2D eigenvalue weighted by Crippen LogP contribution is 2.30. The molecule has 0 spiro atoms. The Morgan fingerprint density at radius 3 is 2.13 bits per heavy atom. The Bertz CT molecular complexity index is 1390. The molecule has 0 aliphatic carbocycles. The van der Waals surface area contributed by atoms with Crippen LogP contribution in [0.5, 0.6) is 0 Å². The number of rotatable bonds is 12. The molecule has 0 heterocycles. The first-order valence-corrected chi connectivity index (χ1v) is 14.4. The number of aryl methyl sites for hydroxylation is 1. The monoisotopic (exact) mass is 538 g/mol. The summed E-state index contributed by atoms with van der Waals surface area (Å²) in [5.74, 6) is -0.749. The molecule has 200 valence electrons.